The van der Waals surface area contributed by atoms with E-state index in [0.717, 1.165) is 11.6 Å². The molecule has 7 heteroatoms. The van der Waals surface area contributed by atoms with Crippen molar-refractivity contribution in [3.8, 4) is 11.5 Å². The van der Waals surface area contributed by atoms with Crippen LogP contribution in [-0.2, 0) is 16.0 Å². The quantitative estimate of drug-likeness (QED) is 0.755. The third-order valence-electron chi connectivity index (χ3n) is 3.88. The van der Waals surface area contributed by atoms with Crippen molar-refractivity contribution < 1.29 is 28.6 Å². The highest BCUT2D eigenvalue weighted by molar-refractivity contribution is 5.84. The first-order chi connectivity index (χ1) is 12.5. The van der Waals surface area contributed by atoms with Gasteiger partial charge in [0.1, 0.15) is 5.75 Å². The van der Waals surface area contributed by atoms with Crippen LogP contribution < -0.4 is 14.8 Å². The third kappa shape index (κ3) is 4.72. The van der Waals surface area contributed by atoms with Crippen LogP contribution in [0, 0.1) is 5.82 Å². The van der Waals surface area contributed by atoms with E-state index in [9.17, 15) is 19.1 Å². The summed E-state index contributed by atoms with van der Waals surface area (Å²) in [6.45, 7) is 0. The molecule has 0 heterocycles. The molecule has 1 amide bonds. The standard InChI is InChI=1S/C19H20FNO5/c1-25-15-6-4-3-5-12(15)8-10-17(22)21-18(19(23)24)13-7-9-16(26-2)14(20)11-13/h3-7,9,11,18H,8,10H2,1-2H3,(H,21,22)(H,23,24). The van der Waals surface area contributed by atoms with E-state index in [1.54, 1.807) is 6.07 Å². The van der Waals surface area contributed by atoms with Crippen molar-refractivity contribution in [2.24, 2.45) is 0 Å². The monoisotopic (exact) mass is 361 g/mol. The summed E-state index contributed by atoms with van der Waals surface area (Å²) in [5.41, 5.74) is 0.967. The Kier molecular flexibility index (Phi) is 6.54. The number of hydrogen-bond donors (Lipinski definition) is 2. The number of nitrogens with one attached hydrogen (secondary N) is 1. The first-order valence-corrected chi connectivity index (χ1v) is 7.93. The summed E-state index contributed by atoms with van der Waals surface area (Å²) in [4.78, 5) is 23.7. The van der Waals surface area contributed by atoms with Crippen LogP contribution in [-0.4, -0.2) is 31.2 Å². The van der Waals surface area contributed by atoms with E-state index in [-0.39, 0.29) is 17.7 Å². The zero-order valence-corrected chi connectivity index (χ0v) is 14.5. The molecular formula is C19H20FNO5. The molecule has 0 bridgehead atoms. The Balaban J connectivity index is 2.06. The van der Waals surface area contributed by atoms with Crippen LogP contribution in [0.15, 0.2) is 42.5 Å². The fourth-order valence-electron chi connectivity index (χ4n) is 2.54. The minimum atomic E-state index is -1.35. The van der Waals surface area contributed by atoms with Crippen molar-refractivity contribution in [2.75, 3.05) is 14.2 Å². The molecule has 0 aliphatic heterocycles. The summed E-state index contributed by atoms with van der Waals surface area (Å²) in [6.07, 6.45) is 0.460. The molecule has 0 saturated carbocycles. The van der Waals surface area contributed by atoms with Crippen LogP contribution in [0.2, 0.25) is 0 Å². The molecule has 2 N–H and O–H groups in total. The number of carboxylic acids is 1. The number of ether oxygens (including phenoxy) is 2. The number of hydrogen-bond acceptors (Lipinski definition) is 4. The lowest BCUT2D eigenvalue weighted by Crippen LogP contribution is -2.34. The average molecular weight is 361 g/mol. The number of aryl methyl sites for hydroxylation is 1. The molecular weight excluding hydrogens is 341 g/mol. The van der Waals surface area contributed by atoms with E-state index in [1.165, 1.54) is 26.4 Å². The van der Waals surface area contributed by atoms with Gasteiger partial charge in [-0.3, -0.25) is 4.79 Å². The van der Waals surface area contributed by atoms with Gasteiger partial charge in [-0.2, -0.15) is 0 Å². The lowest BCUT2D eigenvalue weighted by molar-refractivity contribution is -0.142. The highest BCUT2D eigenvalue weighted by atomic mass is 19.1. The number of amides is 1. The lowest BCUT2D eigenvalue weighted by Gasteiger charge is -2.16. The Morgan fingerprint density at radius 2 is 1.81 bits per heavy atom. The van der Waals surface area contributed by atoms with E-state index >= 15 is 0 Å². The average Bonchev–Trinajstić information content (AvgIpc) is 2.64. The number of carbonyl (C=O) groups excluding carboxylic acids is 1. The SMILES string of the molecule is COc1ccc(C(NC(=O)CCc2ccccc2OC)C(=O)O)cc1F. The van der Waals surface area contributed by atoms with Gasteiger partial charge in [0.25, 0.3) is 0 Å². The number of para-hydroxylation sites is 1. The van der Waals surface area contributed by atoms with Crippen molar-refractivity contribution in [1.29, 1.82) is 0 Å². The molecule has 0 aliphatic carbocycles. The predicted molar refractivity (Wildman–Crippen MR) is 92.8 cm³/mol. The van der Waals surface area contributed by atoms with Crippen LogP contribution in [0.1, 0.15) is 23.6 Å². The fraction of sp³-hybridized carbons (Fsp3) is 0.263. The largest absolute Gasteiger partial charge is 0.496 e. The van der Waals surface area contributed by atoms with Crippen LogP contribution in [0.4, 0.5) is 4.39 Å². The van der Waals surface area contributed by atoms with Gasteiger partial charge in [0.05, 0.1) is 14.2 Å². The van der Waals surface area contributed by atoms with Crippen molar-refractivity contribution in [3.05, 3.63) is 59.4 Å². The number of rotatable bonds is 8. The maximum Gasteiger partial charge on any atom is 0.330 e. The number of carboxylic acid groups (broad SMARTS) is 1. The van der Waals surface area contributed by atoms with Gasteiger partial charge in [-0.25, -0.2) is 9.18 Å². The molecule has 0 aromatic heterocycles. The highest BCUT2D eigenvalue weighted by Crippen LogP contribution is 2.23. The molecule has 138 valence electrons. The van der Waals surface area contributed by atoms with Gasteiger partial charge in [-0.15, -0.1) is 0 Å². The van der Waals surface area contributed by atoms with Crippen LogP contribution in [0.25, 0.3) is 0 Å². The number of halogens is 1. The molecule has 2 aromatic rings. The Bertz CT molecular complexity index is 793. The minimum Gasteiger partial charge on any atom is -0.496 e. The van der Waals surface area contributed by atoms with Crippen molar-refractivity contribution in [1.82, 2.24) is 5.32 Å². The number of methoxy groups -OCH3 is 2. The van der Waals surface area contributed by atoms with Crippen molar-refractivity contribution >= 4 is 11.9 Å². The molecule has 0 spiro atoms. The van der Waals surface area contributed by atoms with E-state index < -0.39 is 23.7 Å². The maximum absolute atomic E-state index is 13.8. The lowest BCUT2D eigenvalue weighted by atomic mass is 10.0. The second-order valence-electron chi connectivity index (χ2n) is 5.54. The Labute approximate surface area is 150 Å². The van der Waals surface area contributed by atoms with E-state index in [4.69, 9.17) is 9.47 Å². The van der Waals surface area contributed by atoms with Gasteiger partial charge in [-0.05, 0) is 35.7 Å². The first-order valence-electron chi connectivity index (χ1n) is 7.93. The zero-order chi connectivity index (χ0) is 19.1. The normalized spacial score (nSPS) is 11.5. The second-order valence-corrected chi connectivity index (χ2v) is 5.54. The highest BCUT2D eigenvalue weighted by Gasteiger charge is 2.23. The summed E-state index contributed by atoms with van der Waals surface area (Å²) in [5.74, 6) is -1.77. The number of carbonyl (C=O) groups is 2. The maximum atomic E-state index is 13.8. The first kappa shape index (κ1) is 19.2. The van der Waals surface area contributed by atoms with Gasteiger partial charge in [0.2, 0.25) is 5.91 Å². The van der Waals surface area contributed by atoms with Crippen molar-refractivity contribution in [2.45, 2.75) is 18.9 Å². The van der Waals surface area contributed by atoms with E-state index in [0.29, 0.717) is 12.2 Å². The summed E-state index contributed by atoms with van der Waals surface area (Å²) < 4.78 is 23.9. The molecule has 0 aliphatic rings. The molecule has 6 nitrogen and oxygen atoms in total. The molecule has 0 fully saturated rings. The van der Waals surface area contributed by atoms with E-state index in [1.807, 2.05) is 18.2 Å². The molecule has 0 radical (unpaired) electrons. The summed E-state index contributed by atoms with van der Waals surface area (Å²) >= 11 is 0. The number of aliphatic carboxylic acids is 1. The van der Waals surface area contributed by atoms with Gasteiger partial charge in [-0.1, -0.05) is 24.3 Å². The molecule has 2 rings (SSSR count). The molecule has 1 atom stereocenters. The summed E-state index contributed by atoms with van der Waals surface area (Å²) in [6, 6.07) is 9.69. The van der Waals surface area contributed by atoms with Gasteiger partial charge >= 0.3 is 5.97 Å². The molecule has 1 unspecified atom stereocenters. The Morgan fingerprint density at radius 1 is 1.12 bits per heavy atom. The predicted octanol–water partition coefficient (Wildman–Crippen LogP) is 2.72. The molecule has 26 heavy (non-hydrogen) atoms. The number of benzene rings is 2. The van der Waals surface area contributed by atoms with Crippen molar-refractivity contribution in [3.63, 3.8) is 0 Å². The van der Waals surface area contributed by atoms with E-state index in [2.05, 4.69) is 5.32 Å². The topological polar surface area (TPSA) is 84.9 Å². The fourth-order valence-corrected chi connectivity index (χ4v) is 2.54. The van der Waals surface area contributed by atoms with Crippen LogP contribution >= 0.6 is 0 Å². The van der Waals surface area contributed by atoms with Gasteiger partial charge < -0.3 is 19.9 Å². The third-order valence-corrected chi connectivity index (χ3v) is 3.88. The second kappa shape index (κ2) is 8.84. The van der Waals surface area contributed by atoms with Gasteiger partial charge in [0, 0.05) is 6.42 Å². The van der Waals surface area contributed by atoms with Gasteiger partial charge in [0.15, 0.2) is 17.6 Å². The smallest absolute Gasteiger partial charge is 0.330 e. The van der Waals surface area contributed by atoms with Crippen LogP contribution in [0.5, 0.6) is 11.5 Å². The molecule has 0 saturated heterocycles. The Morgan fingerprint density at radius 3 is 2.42 bits per heavy atom. The molecule has 2 aromatic carbocycles. The van der Waals surface area contributed by atoms with Crippen LogP contribution in [0.3, 0.4) is 0 Å². The Hall–Kier alpha value is -3.09. The summed E-state index contributed by atoms with van der Waals surface area (Å²) in [7, 11) is 2.85. The zero-order valence-electron chi connectivity index (χ0n) is 14.5. The summed E-state index contributed by atoms with van der Waals surface area (Å²) in [5, 5.41) is 11.8. The minimum absolute atomic E-state index is 0.000359.